The number of ether oxygens (including phenoxy) is 1. The minimum atomic E-state index is -0.390. The molecule has 1 N–H and O–H groups in total. The molecule has 3 nitrogen and oxygen atoms in total. The van der Waals surface area contributed by atoms with Gasteiger partial charge in [0.1, 0.15) is 5.82 Å². The van der Waals surface area contributed by atoms with Crippen molar-refractivity contribution in [1.29, 1.82) is 5.26 Å². The number of hydrogen-bond donors (Lipinski definition) is 1. The van der Waals surface area contributed by atoms with E-state index >= 15 is 0 Å². The molecule has 1 aliphatic carbocycles. The SMILES string of the molecule is COC1CCCC1Nc1cc(F)cc(C#N)c1. The zero-order valence-corrected chi connectivity index (χ0v) is 9.74. The first-order valence-electron chi connectivity index (χ1n) is 5.73. The maximum atomic E-state index is 13.2. The van der Waals surface area contributed by atoms with Crippen LogP contribution in [0.25, 0.3) is 0 Å². The summed E-state index contributed by atoms with van der Waals surface area (Å²) in [6.45, 7) is 0. The first-order valence-corrected chi connectivity index (χ1v) is 5.73. The van der Waals surface area contributed by atoms with Crippen LogP contribution in [0.5, 0.6) is 0 Å². The van der Waals surface area contributed by atoms with Crippen molar-refractivity contribution in [2.24, 2.45) is 0 Å². The van der Waals surface area contributed by atoms with Gasteiger partial charge in [0.2, 0.25) is 0 Å². The number of benzene rings is 1. The summed E-state index contributed by atoms with van der Waals surface area (Å²) in [7, 11) is 1.69. The molecule has 0 bridgehead atoms. The fraction of sp³-hybridized carbons (Fsp3) is 0.462. The third kappa shape index (κ3) is 2.75. The van der Waals surface area contributed by atoms with Gasteiger partial charge in [0.25, 0.3) is 0 Å². The molecule has 0 radical (unpaired) electrons. The van der Waals surface area contributed by atoms with Crippen molar-refractivity contribution in [2.75, 3.05) is 12.4 Å². The Bertz CT molecular complexity index is 442. The van der Waals surface area contributed by atoms with E-state index in [1.54, 1.807) is 13.2 Å². The molecule has 0 saturated heterocycles. The molecule has 0 spiro atoms. The fourth-order valence-corrected chi connectivity index (χ4v) is 2.32. The second-order valence-electron chi connectivity index (χ2n) is 4.30. The van der Waals surface area contributed by atoms with Gasteiger partial charge in [-0.1, -0.05) is 0 Å². The topological polar surface area (TPSA) is 45.0 Å². The minimum absolute atomic E-state index is 0.170. The number of nitriles is 1. The molecule has 1 aromatic rings. The number of nitrogens with one attached hydrogen (secondary N) is 1. The van der Waals surface area contributed by atoms with E-state index in [0.717, 1.165) is 19.3 Å². The highest BCUT2D eigenvalue weighted by atomic mass is 19.1. The predicted molar refractivity (Wildman–Crippen MR) is 63.2 cm³/mol. The highest BCUT2D eigenvalue weighted by Crippen LogP contribution is 2.25. The van der Waals surface area contributed by atoms with Crippen LogP contribution >= 0.6 is 0 Å². The maximum Gasteiger partial charge on any atom is 0.126 e. The van der Waals surface area contributed by atoms with E-state index in [9.17, 15) is 4.39 Å². The minimum Gasteiger partial charge on any atom is -0.380 e. The van der Waals surface area contributed by atoms with Crippen molar-refractivity contribution < 1.29 is 9.13 Å². The highest BCUT2D eigenvalue weighted by Gasteiger charge is 2.26. The fourth-order valence-electron chi connectivity index (χ4n) is 2.32. The molecule has 1 aliphatic rings. The summed E-state index contributed by atoms with van der Waals surface area (Å²) in [6.07, 6.45) is 3.31. The second-order valence-corrected chi connectivity index (χ2v) is 4.30. The van der Waals surface area contributed by atoms with Crippen LogP contribution in [0.3, 0.4) is 0 Å². The van der Waals surface area contributed by atoms with Crippen molar-refractivity contribution in [3.8, 4) is 6.07 Å². The molecule has 0 heterocycles. The van der Waals surface area contributed by atoms with Crippen molar-refractivity contribution in [1.82, 2.24) is 0 Å². The zero-order valence-electron chi connectivity index (χ0n) is 9.74. The average Bonchev–Trinajstić information content (AvgIpc) is 2.75. The predicted octanol–water partition coefficient (Wildman–Crippen LogP) is 2.68. The third-order valence-corrected chi connectivity index (χ3v) is 3.13. The number of halogens is 1. The molecular formula is C13H15FN2O. The van der Waals surface area contributed by atoms with E-state index < -0.39 is 5.82 Å². The first-order chi connectivity index (χ1) is 8.22. The quantitative estimate of drug-likeness (QED) is 0.874. The number of hydrogen-bond acceptors (Lipinski definition) is 3. The number of anilines is 1. The van der Waals surface area contributed by atoms with Crippen molar-refractivity contribution in [3.63, 3.8) is 0 Å². The number of rotatable bonds is 3. The van der Waals surface area contributed by atoms with Crippen LogP contribution in [0.15, 0.2) is 18.2 Å². The van der Waals surface area contributed by atoms with Crippen LogP contribution in [0.2, 0.25) is 0 Å². The average molecular weight is 234 g/mol. The van der Waals surface area contributed by atoms with Crippen LogP contribution in [-0.4, -0.2) is 19.3 Å². The zero-order chi connectivity index (χ0) is 12.3. The van der Waals surface area contributed by atoms with E-state index in [0.29, 0.717) is 11.3 Å². The summed E-state index contributed by atoms with van der Waals surface area (Å²) in [5.41, 5.74) is 0.981. The molecule has 1 saturated carbocycles. The van der Waals surface area contributed by atoms with Gasteiger partial charge < -0.3 is 10.1 Å². The molecule has 1 aromatic carbocycles. The number of nitrogens with zero attached hydrogens (tertiary/aromatic N) is 1. The molecule has 17 heavy (non-hydrogen) atoms. The molecule has 2 unspecified atom stereocenters. The molecule has 0 aliphatic heterocycles. The monoisotopic (exact) mass is 234 g/mol. The molecule has 90 valence electrons. The molecule has 1 fully saturated rings. The summed E-state index contributed by atoms with van der Waals surface area (Å²) in [5.74, 6) is -0.390. The Morgan fingerprint density at radius 3 is 2.94 bits per heavy atom. The summed E-state index contributed by atoms with van der Waals surface area (Å²) in [5, 5.41) is 12.0. The molecular weight excluding hydrogens is 219 g/mol. The molecule has 0 amide bonds. The van der Waals surface area contributed by atoms with Crippen LogP contribution in [0.4, 0.5) is 10.1 Å². The van der Waals surface area contributed by atoms with Gasteiger partial charge in [-0.15, -0.1) is 0 Å². The van der Waals surface area contributed by atoms with Crippen LogP contribution in [-0.2, 0) is 4.74 Å². The normalized spacial score (nSPS) is 23.4. The molecule has 2 rings (SSSR count). The standard InChI is InChI=1S/C13H15FN2O/c1-17-13-4-2-3-12(13)16-11-6-9(8-15)5-10(14)7-11/h5-7,12-13,16H,2-4H2,1H3. The first kappa shape index (κ1) is 11.9. The summed E-state index contributed by atoms with van der Waals surface area (Å²) in [4.78, 5) is 0. The highest BCUT2D eigenvalue weighted by molar-refractivity contribution is 5.50. The second kappa shape index (κ2) is 5.15. The van der Waals surface area contributed by atoms with Crippen molar-refractivity contribution in [2.45, 2.75) is 31.4 Å². The lowest BCUT2D eigenvalue weighted by Gasteiger charge is -2.20. The van der Waals surface area contributed by atoms with Crippen molar-refractivity contribution >= 4 is 5.69 Å². The lowest BCUT2D eigenvalue weighted by molar-refractivity contribution is 0.101. The summed E-state index contributed by atoms with van der Waals surface area (Å²) >= 11 is 0. The Morgan fingerprint density at radius 1 is 1.41 bits per heavy atom. The van der Waals surface area contributed by atoms with Crippen LogP contribution < -0.4 is 5.32 Å². The molecule has 0 aromatic heterocycles. The van der Waals surface area contributed by atoms with Gasteiger partial charge >= 0.3 is 0 Å². The van der Waals surface area contributed by atoms with Gasteiger partial charge in [-0.3, -0.25) is 0 Å². The summed E-state index contributed by atoms with van der Waals surface area (Å²) < 4.78 is 18.6. The number of methoxy groups -OCH3 is 1. The Morgan fingerprint density at radius 2 is 2.24 bits per heavy atom. The molecule has 4 heteroatoms. The van der Waals surface area contributed by atoms with E-state index in [-0.39, 0.29) is 12.1 Å². The van der Waals surface area contributed by atoms with E-state index in [1.807, 2.05) is 6.07 Å². The van der Waals surface area contributed by atoms with Gasteiger partial charge in [0.15, 0.2) is 0 Å². The largest absolute Gasteiger partial charge is 0.380 e. The Hall–Kier alpha value is -1.60. The van der Waals surface area contributed by atoms with E-state index in [1.165, 1.54) is 12.1 Å². The maximum absolute atomic E-state index is 13.2. The Kier molecular flexibility index (Phi) is 3.60. The summed E-state index contributed by atoms with van der Waals surface area (Å²) in [6, 6.07) is 6.45. The Balaban J connectivity index is 2.13. The van der Waals surface area contributed by atoms with Gasteiger partial charge in [-0.25, -0.2) is 4.39 Å². The van der Waals surface area contributed by atoms with Gasteiger partial charge in [0.05, 0.1) is 23.8 Å². The lowest BCUT2D eigenvalue weighted by atomic mass is 10.1. The third-order valence-electron chi connectivity index (χ3n) is 3.13. The van der Waals surface area contributed by atoms with Gasteiger partial charge in [-0.2, -0.15) is 5.26 Å². The van der Waals surface area contributed by atoms with E-state index in [2.05, 4.69) is 5.32 Å². The van der Waals surface area contributed by atoms with Gasteiger partial charge in [0, 0.05) is 12.8 Å². The smallest absolute Gasteiger partial charge is 0.126 e. The van der Waals surface area contributed by atoms with Crippen LogP contribution in [0, 0.1) is 17.1 Å². The van der Waals surface area contributed by atoms with E-state index in [4.69, 9.17) is 10.00 Å². The molecule has 2 atom stereocenters. The Labute approximate surface area is 100 Å². The van der Waals surface area contributed by atoms with Crippen LogP contribution in [0.1, 0.15) is 24.8 Å². The lowest BCUT2D eigenvalue weighted by Crippen LogP contribution is -2.29. The van der Waals surface area contributed by atoms with Gasteiger partial charge in [-0.05, 0) is 37.5 Å². The van der Waals surface area contributed by atoms with Crippen molar-refractivity contribution in [3.05, 3.63) is 29.6 Å².